The van der Waals surface area contributed by atoms with Gasteiger partial charge in [-0.3, -0.25) is 22.9 Å². The fraction of sp³-hybridized carbons (Fsp3) is 0.667. The smallest absolute Gasteiger partial charge is 0.480 e. The average molecular weight is 509 g/mol. The van der Waals surface area contributed by atoms with Gasteiger partial charge in [0, 0.05) is 0 Å². The van der Waals surface area contributed by atoms with Crippen molar-refractivity contribution in [2.75, 3.05) is 0 Å². The van der Waals surface area contributed by atoms with Crippen molar-refractivity contribution in [1.29, 1.82) is 0 Å². The second-order valence-corrected chi connectivity index (χ2v) is 11.7. The van der Waals surface area contributed by atoms with Gasteiger partial charge in [-0.2, -0.15) is 0 Å². The number of aliphatic carboxylic acids is 1. The molecule has 1 aromatic carbocycles. The highest BCUT2D eigenvalue weighted by Gasteiger charge is 2.34. The van der Waals surface area contributed by atoms with Crippen molar-refractivity contribution in [2.24, 2.45) is 0 Å². The number of carbonyl (C=O) groups is 1. The minimum absolute atomic E-state index is 0.00877. The normalized spacial score (nSPS) is 13.8. The van der Waals surface area contributed by atoms with Crippen molar-refractivity contribution in [3.8, 4) is 5.75 Å². The summed E-state index contributed by atoms with van der Waals surface area (Å²) in [6.45, 7) is 13.6. The van der Waals surface area contributed by atoms with Crippen LogP contribution >= 0.6 is 15.6 Å². The summed E-state index contributed by atoms with van der Waals surface area (Å²) >= 11 is 0. The van der Waals surface area contributed by atoms with E-state index in [9.17, 15) is 19.0 Å². The molecule has 0 amide bonds. The zero-order valence-electron chi connectivity index (χ0n) is 20.5. The molecule has 0 aliphatic rings. The summed E-state index contributed by atoms with van der Waals surface area (Å²) in [6, 6.07) is 5.05. The molecule has 0 aromatic heterocycles. The van der Waals surface area contributed by atoms with E-state index >= 15 is 0 Å². The molecule has 1 atom stereocenters. The molecule has 0 bridgehead atoms. The predicted molar refractivity (Wildman–Crippen MR) is 125 cm³/mol. The van der Waals surface area contributed by atoms with Crippen LogP contribution < -0.4 is 9.61 Å². The van der Waals surface area contributed by atoms with E-state index in [1.807, 2.05) is 0 Å². The lowest BCUT2D eigenvalue weighted by atomic mass is 10.1. The van der Waals surface area contributed by atoms with E-state index in [-0.39, 0.29) is 24.4 Å². The van der Waals surface area contributed by atoms with Crippen LogP contribution in [0.15, 0.2) is 24.3 Å². The minimum Gasteiger partial charge on any atom is -0.480 e. The molecular formula is C21H37NO9P2. The van der Waals surface area contributed by atoms with Gasteiger partial charge in [-0.15, -0.1) is 0 Å². The van der Waals surface area contributed by atoms with Gasteiger partial charge in [0.15, 0.2) is 0 Å². The van der Waals surface area contributed by atoms with Gasteiger partial charge in [0.2, 0.25) is 0 Å². The second-order valence-electron chi connectivity index (χ2n) is 8.52. The van der Waals surface area contributed by atoms with E-state index in [2.05, 4.69) is 5.09 Å². The lowest BCUT2D eigenvalue weighted by Crippen LogP contribution is -2.38. The molecule has 33 heavy (non-hydrogen) atoms. The molecular weight excluding hydrogens is 472 g/mol. The summed E-state index contributed by atoms with van der Waals surface area (Å²) in [7, 11) is -7.71. The third-order valence-electron chi connectivity index (χ3n) is 3.57. The standard InChI is InChI=1S/C21H37NO9P2/c1-14(2)27-32(25,28-15(3)4)22-20(21(23)24)13-18-9-11-19(12-10-18)31-33(26,29-16(5)6)30-17(7)8/h9-12,14-17,20H,13H2,1-8H3,(H,22,25)(H,23,24)/t20-/m0/s1. The van der Waals surface area contributed by atoms with Crippen LogP contribution in [0.2, 0.25) is 0 Å². The Labute approximate surface area is 196 Å². The monoisotopic (exact) mass is 509 g/mol. The summed E-state index contributed by atoms with van der Waals surface area (Å²) in [6.07, 6.45) is -1.65. The Morgan fingerprint density at radius 2 is 1.24 bits per heavy atom. The molecule has 0 heterocycles. The van der Waals surface area contributed by atoms with Crippen LogP contribution in [-0.4, -0.2) is 41.5 Å². The van der Waals surface area contributed by atoms with E-state index in [1.54, 1.807) is 67.5 Å². The predicted octanol–water partition coefficient (Wildman–Crippen LogP) is 5.57. The molecule has 12 heteroatoms. The van der Waals surface area contributed by atoms with Crippen molar-refractivity contribution >= 4 is 21.5 Å². The molecule has 0 fully saturated rings. The lowest BCUT2D eigenvalue weighted by Gasteiger charge is -2.26. The maximum absolute atomic E-state index is 13.0. The van der Waals surface area contributed by atoms with E-state index in [0.717, 1.165) is 0 Å². The van der Waals surface area contributed by atoms with Crippen molar-refractivity contribution in [3.63, 3.8) is 0 Å². The van der Waals surface area contributed by atoms with Gasteiger partial charge in [0.1, 0.15) is 11.8 Å². The SMILES string of the molecule is CC(C)OP(=O)(N[C@@H](Cc1ccc(OP(=O)(OC(C)C)OC(C)C)cc1)C(=O)O)OC(C)C. The molecule has 1 aromatic rings. The van der Waals surface area contributed by atoms with Gasteiger partial charge >= 0.3 is 21.5 Å². The van der Waals surface area contributed by atoms with Crippen LogP contribution in [0.4, 0.5) is 0 Å². The molecule has 1 rings (SSSR count). The highest BCUT2D eigenvalue weighted by Crippen LogP contribution is 2.51. The molecule has 0 spiro atoms. The molecule has 0 aliphatic heterocycles. The van der Waals surface area contributed by atoms with Crippen molar-refractivity contribution in [1.82, 2.24) is 5.09 Å². The molecule has 0 aliphatic carbocycles. The third kappa shape index (κ3) is 11.6. The van der Waals surface area contributed by atoms with Crippen molar-refractivity contribution in [3.05, 3.63) is 29.8 Å². The summed E-state index contributed by atoms with van der Waals surface area (Å²) < 4.78 is 52.9. The Morgan fingerprint density at radius 1 is 0.818 bits per heavy atom. The first-order chi connectivity index (χ1) is 15.1. The Bertz CT molecular complexity index is 813. The van der Waals surface area contributed by atoms with Gasteiger partial charge in [0.05, 0.1) is 24.4 Å². The molecule has 0 saturated heterocycles. The fourth-order valence-corrected chi connectivity index (χ4v) is 6.07. The molecule has 2 N–H and O–H groups in total. The van der Waals surface area contributed by atoms with Crippen molar-refractivity contribution in [2.45, 2.75) is 92.3 Å². The number of carboxylic acids is 1. The quantitative estimate of drug-likeness (QED) is 0.290. The number of phosphoric ester groups is 1. The van der Waals surface area contributed by atoms with Crippen LogP contribution in [0.3, 0.4) is 0 Å². The summed E-state index contributed by atoms with van der Waals surface area (Å²) in [5, 5.41) is 12.2. The topological polar surface area (TPSA) is 130 Å². The first kappa shape index (κ1) is 29.8. The van der Waals surface area contributed by atoms with Gasteiger partial charge in [-0.05, 0) is 79.5 Å². The Balaban J connectivity index is 2.99. The van der Waals surface area contributed by atoms with Crippen LogP contribution in [-0.2, 0) is 38.4 Å². The average Bonchev–Trinajstić information content (AvgIpc) is 2.59. The summed E-state index contributed by atoms with van der Waals surface area (Å²) in [5.74, 6) is -0.976. The number of benzene rings is 1. The van der Waals surface area contributed by atoms with Crippen LogP contribution in [0, 0.1) is 0 Å². The van der Waals surface area contributed by atoms with Gasteiger partial charge in [-0.25, -0.2) is 14.2 Å². The number of hydrogen-bond acceptors (Lipinski definition) is 8. The van der Waals surface area contributed by atoms with E-state index < -0.39 is 39.8 Å². The Kier molecular flexibility index (Phi) is 11.7. The molecule has 0 unspecified atom stereocenters. The highest BCUT2D eigenvalue weighted by molar-refractivity contribution is 7.51. The Hall–Kier alpha value is -1.25. The van der Waals surface area contributed by atoms with E-state index in [0.29, 0.717) is 5.56 Å². The Morgan fingerprint density at radius 3 is 1.61 bits per heavy atom. The van der Waals surface area contributed by atoms with E-state index in [4.69, 9.17) is 22.6 Å². The lowest BCUT2D eigenvalue weighted by molar-refractivity contribution is -0.139. The number of carboxylic acid groups (broad SMARTS) is 1. The fourth-order valence-electron chi connectivity index (χ4n) is 2.66. The van der Waals surface area contributed by atoms with Gasteiger partial charge in [0.25, 0.3) is 0 Å². The number of hydrogen-bond donors (Lipinski definition) is 2. The second kappa shape index (κ2) is 13.0. The van der Waals surface area contributed by atoms with Gasteiger partial charge in [-0.1, -0.05) is 12.1 Å². The zero-order valence-corrected chi connectivity index (χ0v) is 22.3. The highest BCUT2D eigenvalue weighted by atomic mass is 31.2. The first-order valence-corrected chi connectivity index (χ1v) is 13.9. The molecule has 10 nitrogen and oxygen atoms in total. The number of phosphoric acid groups is 1. The van der Waals surface area contributed by atoms with E-state index in [1.165, 1.54) is 12.1 Å². The number of rotatable bonds is 15. The maximum atomic E-state index is 13.0. The first-order valence-electron chi connectivity index (χ1n) is 10.9. The van der Waals surface area contributed by atoms with Crippen LogP contribution in [0.5, 0.6) is 5.75 Å². The number of nitrogens with one attached hydrogen (secondary N) is 1. The molecule has 0 saturated carbocycles. The summed E-state index contributed by atoms with van der Waals surface area (Å²) in [4.78, 5) is 11.8. The summed E-state index contributed by atoms with van der Waals surface area (Å²) in [5.41, 5.74) is 0.604. The zero-order chi connectivity index (χ0) is 25.4. The van der Waals surface area contributed by atoms with Crippen molar-refractivity contribution < 1.29 is 41.6 Å². The molecule has 0 radical (unpaired) electrons. The largest absolute Gasteiger partial charge is 0.530 e. The molecule has 190 valence electrons. The minimum atomic E-state index is -3.87. The van der Waals surface area contributed by atoms with Crippen LogP contribution in [0.1, 0.15) is 61.0 Å². The van der Waals surface area contributed by atoms with Gasteiger partial charge < -0.3 is 9.63 Å². The van der Waals surface area contributed by atoms with Crippen LogP contribution in [0.25, 0.3) is 0 Å². The third-order valence-corrected chi connectivity index (χ3v) is 7.39. The maximum Gasteiger partial charge on any atom is 0.530 e.